The van der Waals surface area contributed by atoms with Crippen molar-refractivity contribution in [1.29, 1.82) is 0 Å². The van der Waals surface area contributed by atoms with E-state index in [0.29, 0.717) is 38.8 Å². The minimum absolute atomic E-state index is 0.0299. The van der Waals surface area contributed by atoms with Gasteiger partial charge in [0.15, 0.2) is 0 Å². The summed E-state index contributed by atoms with van der Waals surface area (Å²) in [6, 6.07) is 0. The normalized spacial score (nSPS) is 11.1. The van der Waals surface area contributed by atoms with Gasteiger partial charge in [0.05, 0.1) is 5.75 Å². The molecule has 162 valence electrons. The van der Waals surface area contributed by atoms with Crippen LogP contribution in [0.4, 0.5) is 0 Å². The molecule has 2 amide bonds. The molecule has 0 bridgehead atoms. The molecular formula is C16H29N3O8S. The summed E-state index contributed by atoms with van der Waals surface area (Å²) in [5, 5.41) is 2.71. The van der Waals surface area contributed by atoms with Gasteiger partial charge in [0.1, 0.15) is 6.29 Å². The highest BCUT2D eigenvalue weighted by Gasteiger charge is 2.09. The summed E-state index contributed by atoms with van der Waals surface area (Å²) >= 11 is 0. The van der Waals surface area contributed by atoms with E-state index >= 15 is 0 Å². The van der Waals surface area contributed by atoms with E-state index < -0.39 is 22.0 Å². The van der Waals surface area contributed by atoms with Gasteiger partial charge in [-0.3, -0.25) is 14.1 Å². The molecule has 0 aliphatic heterocycles. The predicted molar refractivity (Wildman–Crippen MR) is 99.5 cm³/mol. The van der Waals surface area contributed by atoms with Crippen molar-refractivity contribution in [2.75, 3.05) is 32.4 Å². The number of carbonyl (C=O) groups excluding carboxylic acids is 4. The lowest BCUT2D eigenvalue weighted by molar-refractivity contribution is -0.158. The van der Waals surface area contributed by atoms with Crippen LogP contribution in [0.25, 0.3) is 0 Å². The van der Waals surface area contributed by atoms with Crippen molar-refractivity contribution in [2.45, 2.75) is 44.9 Å². The van der Waals surface area contributed by atoms with Gasteiger partial charge in [-0.25, -0.2) is 4.79 Å². The zero-order valence-electron chi connectivity index (χ0n) is 16.0. The molecule has 0 spiro atoms. The number of carbonyl (C=O) groups is 4. The molecule has 3 N–H and O–H groups in total. The number of aldehydes is 1. The predicted octanol–water partition coefficient (Wildman–Crippen LogP) is -0.574. The van der Waals surface area contributed by atoms with Crippen LogP contribution in [0.5, 0.6) is 0 Å². The number of hydrogen-bond donors (Lipinski definition) is 3. The van der Waals surface area contributed by atoms with Crippen molar-refractivity contribution in [3.8, 4) is 0 Å². The highest BCUT2D eigenvalue weighted by molar-refractivity contribution is 7.85. The lowest BCUT2D eigenvalue weighted by atomic mass is 10.2. The van der Waals surface area contributed by atoms with Crippen molar-refractivity contribution in [3.05, 3.63) is 0 Å². The highest BCUT2D eigenvalue weighted by atomic mass is 32.2. The summed E-state index contributed by atoms with van der Waals surface area (Å²) < 4.78 is 29.9. The van der Waals surface area contributed by atoms with Crippen molar-refractivity contribution in [1.82, 2.24) is 15.7 Å². The van der Waals surface area contributed by atoms with Gasteiger partial charge in [0.25, 0.3) is 16.0 Å². The molecule has 0 aliphatic carbocycles. The van der Waals surface area contributed by atoms with Crippen LogP contribution < -0.4 is 10.8 Å². The number of rotatable bonds is 15. The Kier molecular flexibility index (Phi) is 13.8. The molecule has 0 radical (unpaired) electrons. The van der Waals surface area contributed by atoms with Crippen molar-refractivity contribution in [3.63, 3.8) is 0 Å². The Morgan fingerprint density at radius 2 is 1.71 bits per heavy atom. The van der Waals surface area contributed by atoms with Crippen LogP contribution in [-0.2, 0) is 34.1 Å². The summed E-state index contributed by atoms with van der Waals surface area (Å²) in [4.78, 5) is 50.7. The molecule has 0 aromatic carbocycles. The van der Waals surface area contributed by atoms with Crippen LogP contribution in [0.15, 0.2) is 0 Å². The highest BCUT2D eigenvalue weighted by Crippen LogP contribution is 1.98. The Morgan fingerprint density at radius 3 is 2.36 bits per heavy atom. The van der Waals surface area contributed by atoms with Gasteiger partial charge in [-0.1, -0.05) is 0 Å². The molecule has 0 aromatic rings. The standard InChI is InChI=1S/C16H29N3O8S/c1-19(11-5-13-28(24,25)26)10-4-9-17-14(21)6-2-8-16(23)27-18-15(22)7-3-12-20/h12H,2-11,13H2,1H3,(H,17,21)(H,18,22)(H,24,25,26). The first-order valence-corrected chi connectivity index (χ1v) is 10.6. The van der Waals surface area contributed by atoms with Crippen LogP contribution in [0.1, 0.15) is 44.9 Å². The molecule has 12 heteroatoms. The first-order valence-electron chi connectivity index (χ1n) is 8.96. The maximum Gasteiger partial charge on any atom is 0.332 e. The van der Waals surface area contributed by atoms with Crippen molar-refractivity contribution in [2.24, 2.45) is 0 Å². The second-order valence-corrected chi connectivity index (χ2v) is 7.78. The van der Waals surface area contributed by atoms with Crippen LogP contribution >= 0.6 is 0 Å². The monoisotopic (exact) mass is 423 g/mol. The Labute approximate surface area is 164 Å². The number of hydrogen-bond acceptors (Lipinski definition) is 8. The molecule has 0 heterocycles. The second kappa shape index (κ2) is 14.9. The Morgan fingerprint density at radius 1 is 1.04 bits per heavy atom. The molecule has 0 aliphatic rings. The number of amides is 2. The number of nitrogens with one attached hydrogen (secondary N) is 2. The van der Waals surface area contributed by atoms with Crippen molar-refractivity contribution < 1.29 is 37.0 Å². The molecule has 28 heavy (non-hydrogen) atoms. The molecule has 0 rings (SSSR count). The lowest BCUT2D eigenvalue weighted by Crippen LogP contribution is -2.29. The van der Waals surface area contributed by atoms with Crippen LogP contribution in [-0.4, -0.2) is 74.4 Å². The average Bonchev–Trinajstić information content (AvgIpc) is 2.60. The zero-order chi connectivity index (χ0) is 21.4. The zero-order valence-corrected chi connectivity index (χ0v) is 16.8. The topological polar surface area (TPSA) is 159 Å². The van der Waals surface area contributed by atoms with E-state index in [1.807, 2.05) is 17.4 Å². The van der Waals surface area contributed by atoms with E-state index in [0.717, 1.165) is 0 Å². The minimum Gasteiger partial charge on any atom is -0.356 e. The third-order valence-corrected chi connectivity index (χ3v) is 4.34. The first-order chi connectivity index (χ1) is 13.1. The Balaban J connectivity index is 3.65. The molecular weight excluding hydrogens is 394 g/mol. The minimum atomic E-state index is -3.93. The lowest BCUT2D eigenvalue weighted by Gasteiger charge is -2.16. The van der Waals surface area contributed by atoms with Crippen molar-refractivity contribution >= 4 is 34.2 Å². The quantitative estimate of drug-likeness (QED) is 0.136. The Hall–Kier alpha value is -2.05. The molecule has 11 nitrogen and oxygen atoms in total. The van der Waals surface area contributed by atoms with Crippen LogP contribution in [0, 0.1) is 0 Å². The number of nitrogens with zero attached hydrogens (tertiary/aromatic N) is 1. The maximum atomic E-state index is 11.7. The second-order valence-electron chi connectivity index (χ2n) is 6.20. The Bertz CT molecular complexity index is 609. The van der Waals surface area contributed by atoms with E-state index in [1.54, 1.807) is 0 Å². The number of hydroxylamine groups is 1. The largest absolute Gasteiger partial charge is 0.356 e. The fraction of sp³-hybridized carbons (Fsp3) is 0.750. The summed E-state index contributed by atoms with van der Waals surface area (Å²) in [7, 11) is -2.12. The molecule has 0 saturated heterocycles. The molecule has 0 fully saturated rings. The third-order valence-electron chi connectivity index (χ3n) is 3.53. The van der Waals surface area contributed by atoms with Gasteiger partial charge >= 0.3 is 5.97 Å². The fourth-order valence-electron chi connectivity index (χ4n) is 2.09. The molecule has 0 saturated carbocycles. The van der Waals surface area contributed by atoms with Gasteiger partial charge < -0.3 is 19.8 Å². The SMILES string of the molecule is CN(CCCNC(=O)CCCC(=O)ONC(=O)CCC=O)CCCS(=O)(=O)O. The molecule has 0 atom stereocenters. The van der Waals surface area contributed by atoms with E-state index in [9.17, 15) is 27.6 Å². The molecule has 0 aromatic heterocycles. The van der Waals surface area contributed by atoms with E-state index in [-0.39, 0.29) is 43.8 Å². The van der Waals surface area contributed by atoms with Crippen LogP contribution in [0.2, 0.25) is 0 Å². The fourth-order valence-corrected chi connectivity index (χ4v) is 2.59. The van der Waals surface area contributed by atoms with Gasteiger partial charge in [-0.05, 0) is 39.4 Å². The van der Waals surface area contributed by atoms with Crippen LogP contribution in [0.3, 0.4) is 0 Å². The molecule has 0 unspecified atom stereocenters. The maximum absolute atomic E-state index is 11.7. The summed E-state index contributed by atoms with van der Waals surface area (Å²) in [5.74, 6) is -1.73. The first kappa shape index (κ1) is 26.0. The smallest absolute Gasteiger partial charge is 0.332 e. The van der Waals surface area contributed by atoms with E-state index in [4.69, 9.17) is 4.55 Å². The third kappa shape index (κ3) is 17.4. The van der Waals surface area contributed by atoms with Gasteiger partial charge in [-0.15, -0.1) is 0 Å². The van der Waals surface area contributed by atoms with Gasteiger partial charge in [-0.2, -0.15) is 13.9 Å². The van der Waals surface area contributed by atoms with Gasteiger partial charge in [0.2, 0.25) is 5.91 Å². The average molecular weight is 423 g/mol. The van der Waals surface area contributed by atoms with E-state index in [1.165, 1.54) is 0 Å². The summed E-state index contributed by atoms with van der Waals surface area (Å²) in [6.07, 6.45) is 1.94. The van der Waals surface area contributed by atoms with Gasteiger partial charge in [0, 0.05) is 32.2 Å². The van der Waals surface area contributed by atoms with E-state index in [2.05, 4.69) is 10.2 Å². The summed E-state index contributed by atoms with van der Waals surface area (Å²) in [5.41, 5.74) is 1.93. The summed E-state index contributed by atoms with van der Waals surface area (Å²) in [6.45, 7) is 1.61.